The Labute approximate surface area is 115 Å². The molecule has 5 heteroatoms. The van der Waals surface area contributed by atoms with Gasteiger partial charge in [0.1, 0.15) is 0 Å². The lowest BCUT2D eigenvalue weighted by molar-refractivity contribution is 0.299. The van der Waals surface area contributed by atoms with Gasteiger partial charge in [0.05, 0.1) is 6.54 Å². The minimum absolute atomic E-state index is 0.562. The van der Waals surface area contributed by atoms with E-state index in [0.29, 0.717) is 18.5 Å². The van der Waals surface area contributed by atoms with Gasteiger partial charge in [0, 0.05) is 6.54 Å². The molecule has 0 spiro atoms. The third-order valence-corrected chi connectivity index (χ3v) is 3.85. The second kappa shape index (κ2) is 7.48. The van der Waals surface area contributed by atoms with Crippen LogP contribution in [0.25, 0.3) is 0 Å². The van der Waals surface area contributed by atoms with E-state index in [1.807, 2.05) is 0 Å². The van der Waals surface area contributed by atoms with E-state index >= 15 is 0 Å². The van der Waals surface area contributed by atoms with Crippen molar-refractivity contribution in [2.75, 3.05) is 18.4 Å². The van der Waals surface area contributed by atoms with Crippen molar-refractivity contribution in [2.24, 2.45) is 11.8 Å². The topological polar surface area (TPSA) is 63.0 Å². The summed E-state index contributed by atoms with van der Waals surface area (Å²) < 4.78 is 5.55. The van der Waals surface area contributed by atoms with E-state index in [1.54, 1.807) is 0 Å². The predicted octanol–water partition coefficient (Wildman–Crippen LogP) is 2.81. The normalized spacial score (nSPS) is 23.5. The molecule has 1 saturated carbocycles. The van der Waals surface area contributed by atoms with E-state index in [9.17, 15) is 0 Å². The van der Waals surface area contributed by atoms with E-state index in [0.717, 1.165) is 31.3 Å². The Balaban J connectivity index is 1.68. The van der Waals surface area contributed by atoms with Gasteiger partial charge in [-0.15, -0.1) is 5.10 Å². The largest absolute Gasteiger partial charge is 0.407 e. The number of hydrogen-bond donors (Lipinski definition) is 2. The van der Waals surface area contributed by atoms with Crippen LogP contribution in [-0.2, 0) is 6.54 Å². The Morgan fingerprint density at radius 3 is 2.74 bits per heavy atom. The van der Waals surface area contributed by atoms with Crippen LogP contribution in [0.3, 0.4) is 0 Å². The summed E-state index contributed by atoms with van der Waals surface area (Å²) in [5.41, 5.74) is 0. The second-order valence-electron chi connectivity index (χ2n) is 5.68. The van der Waals surface area contributed by atoms with Gasteiger partial charge in [-0.25, -0.2) is 0 Å². The molecule has 0 saturated heterocycles. The van der Waals surface area contributed by atoms with Crippen LogP contribution in [-0.4, -0.2) is 23.3 Å². The number of anilines is 1. The molecule has 19 heavy (non-hydrogen) atoms. The van der Waals surface area contributed by atoms with Crippen LogP contribution in [0.2, 0.25) is 0 Å². The van der Waals surface area contributed by atoms with Crippen LogP contribution in [0.5, 0.6) is 0 Å². The maximum Gasteiger partial charge on any atom is 0.315 e. The molecule has 0 atom stereocenters. The summed E-state index contributed by atoms with van der Waals surface area (Å²) in [6, 6.07) is 0.562. The summed E-state index contributed by atoms with van der Waals surface area (Å²) in [7, 11) is 0. The molecule has 1 aliphatic carbocycles. The molecule has 0 aromatic carbocycles. The molecule has 5 nitrogen and oxygen atoms in total. The second-order valence-corrected chi connectivity index (χ2v) is 5.68. The highest BCUT2D eigenvalue weighted by Crippen LogP contribution is 2.28. The van der Waals surface area contributed by atoms with Crippen LogP contribution in [0.1, 0.15) is 51.8 Å². The average Bonchev–Trinajstić information content (AvgIpc) is 2.86. The van der Waals surface area contributed by atoms with Gasteiger partial charge in [0.25, 0.3) is 0 Å². The Bertz CT molecular complexity index is 358. The lowest BCUT2D eigenvalue weighted by Gasteiger charge is -2.25. The van der Waals surface area contributed by atoms with Gasteiger partial charge in [-0.3, -0.25) is 0 Å². The standard InChI is InChI=1S/C14H26N4O/c1-3-8-15-10-13-17-18-14(19-13)16-9-12-6-4-11(2)5-7-12/h11-12,15H,3-10H2,1-2H3,(H,16,18). The summed E-state index contributed by atoms with van der Waals surface area (Å²) in [6.45, 7) is 7.07. The molecule has 2 N–H and O–H groups in total. The quantitative estimate of drug-likeness (QED) is 0.743. The fourth-order valence-electron chi connectivity index (χ4n) is 2.53. The van der Waals surface area contributed by atoms with E-state index in [2.05, 4.69) is 34.7 Å². The van der Waals surface area contributed by atoms with Gasteiger partial charge in [0.15, 0.2) is 0 Å². The van der Waals surface area contributed by atoms with E-state index < -0.39 is 0 Å². The lowest BCUT2D eigenvalue weighted by Crippen LogP contribution is -2.20. The number of hydrogen-bond acceptors (Lipinski definition) is 5. The molecule has 1 fully saturated rings. The van der Waals surface area contributed by atoms with Crippen molar-refractivity contribution in [3.63, 3.8) is 0 Å². The van der Waals surface area contributed by atoms with Crippen molar-refractivity contribution < 1.29 is 4.42 Å². The number of rotatable bonds is 7. The van der Waals surface area contributed by atoms with Gasteiger partial charge in [-0.05, 0) is 37.6 Å². The molecule has 1 aromatic heterocycles. The molecule has 0 bridgehead atoms. The molecular weight excluding hydrogens is 240 g/mol. The van der Waals surface area contributed by atoms with Crippen molar-refractivity contribution in [2.45, 2.75) is 52.5 Å². The Morgan fingerprint density at radius 1 is 1.21 bits per heavy atom. The highest BCUT2D eigenvalue weighted by molar-refractivity contribution is 5.16. The predicted molar refractivity (Wildman–Crippen MR) is 75.9 cm³/mol. The Hall–Kier alpha value is -1.10. The third kappa shape index (κ3) is 4.82. The number of aromatic nitrogens is 2. The Kier molecular flexibility index (Phi) is 5.63. The molecule has 1 heterocycles. The van der Waals surface area contributed by atoms with Gasteiger partial charge < -0.3 is 15.1 Å². The van der Waals surface area contributed by atoms with E-state index in [4.69, 9.17) is 4.42 Å². The number of nitrogens with zero attached hydrogens (tertiary/aromatic N) is 2. The molecule has 0 aliphatic heterocycles. The zero-order valence-corrected chi connectivity index (χ0v) is 12.1. The van der Waals surface area contributed by atoms with Crippen LogP contribution in [0.4, 0.5) is 6.01 Å². The van der Waals surface area contributed by atoms with Gasteiger partial charge in [-0.2, -0.15) is 0 Å². The molecule has 0 amide bonds. The van der Waals surface area contributed by atoms with Crippen LogP contribution < -0.4 is 10.6 Å². The molecule has 1 aliphatic rings. The summed E-state index contributed by atoms with van der Waals surface area (Å²) in [4.78, 5) is 0. The first kappa shape index (κ1) is 14.3. The van der Waals surface area contributed by atoms with Crippen molar-refractivity contribution in [3.8, 4) is 0 Å². The lowest BCUT2D eigenvalue weighted by atomic mass is 9.83. The summed E-state index contributed by atoms with van der Waals surface area (Å²) in [5, 5.41) is 14.6. The fourth-order valence-corrected chi connectivity index (χ4v) is 2.53. The smallest absolute Gasteiger partial charge is 0.315 e. The van der Waals surface area contributed by atoms with Crippen molar-refractivity contribution in [3.05, 3.63) is 5.89 Å². The zero-order chi connectivity index (χ0) is 13.5. The van der Waals surface area contributed by atoms with E-state index in [-0.39, 0.29) is 0 Å². The maximum atomic E-state index is 5.55. The first-order chi connectivity index (χ1) is 9.28. The molecule has 0 radical (unpaired) electrons. The minimum Gasteiger partial charge on any atom is -0.407 e. The van der Waals surface area contributed by atoms with Crippen molar-refractivity contribution in [1.82, 2.24) is 15.5 Å². The Morgan fingerprint density at radius 2 is 2.00 bits per heavy atom. The van der Waals surface area contributed by atoms with E-state index in [1.165, 1.54) is 25.7 Å². The van der Waals surface area contributed by atoms with Crippen LogP contribution in [0.15, 0.2) is 4.42 Å². The summed E-state index contributed by atoms with van der Waals surface area (Å²) >= 11 is 0. The summed E-state index contributed by atoms with van der Waals surface area (Å²) in [6.07, 6.45) is 6.44. The first-order valence-electron chi connectivity index (χ1n) is 7.55. The molecule has 108 valence electrons. The molecule has 0 unspecified atom stereocenters. The zero-order valence-electron chi connectivity index (χ0n) is 12.1. The monoisotopic (exact) mass is 266 g/mol. The van der Waals surface area contributed by atoms with Gasteiger partial charge in [-0.1, -0.05) is 31.8 Å². The minimum atomic E-state index is 0.562. The molecule has 1 aromatic rings. The maximum absolute atomic E-state index is 5.55. The molecule has 2 rings (SSSR count). The summed E-state index contributed by atoms with van der Waals surface area (Å²) in [5.74, 6) is 2.31. The van der Waals surface area contributed by atoms with Crippen LogP contribution in [0, 0.1) is 11.8 Å². The van der Waals surface area contributed by atoms with Crippen molar-refractivity contribution in [1.29, 1.82) is 0 Å². The molecular formula is C14H26N4O. The highest BCUT2D eigenvalue weighted by Gasteiger charge is 2.18. The third-order valence-electron chi connectivity index (χ3n) is 3.85. The van der Waals surface area contributed by atoms with Gasteiger partial charge >= 0.3 is 6.01 Å². The van der Waals surface area contributed by atoms with Crippen LogP contribution >= 0.6 is 0 Å². The SMILES string of the molecule is CCCNCc1nnc(NCC2CCC(C)CC2)o1. The first-order valence-corrected chi connectivity index (χ1v) is 7.55. The number of nitrogens with one attached hydrogen (secondary N) is 2. The average molecular weight is 266 g/mol. The van der Waals surface area contributed by atoms with Crippen molar-refractivity contribution >= 4 is 6.01 Å². The van der Waals surface area contributed by atoms with Gasteiger partial charge in [0.2, 0.25) is 5.89 Å². The fraction of sp³-hybridized carbons (Fsp3) is 0.857. The highest BCUT2D eigenvalue weighted by atomic mass is 16.4.